The number of anilines is 2. The Kier molecular flexibility index (Phi) is 6.64. The number of hydrogen-bond donors (Lipinski definition) is 3. The van der Waals surface area contributed by atoms with Crippen LogP contribution in [-0.2, 0) is 4.79 Å². The largest absolute Gasteiger partial charge is 0.456 e. The van der Waals surface area contributed by atoms with Gasteiger partial charge in [0.05, 0.1) is 10.2 Å². The number of carbonyl (C=O) groups is 2. The predicted molar refractivity (Wildman–Crippen MR) is 151 cm³/mol. The van der Waals surface area contributed by atoms with Gasteiger partial charge in [-0.15, -0.1) is 0 Å². The number of pyridine rings is 1. The molecular formula is C28H25N7O3S. The van der Waals surface area contributed by atoms with Crippen LogP contribution in [0.25, 0.3) is 21.3 Å². The molecule has 1 fully saturated rings. The normalized spacial score (nSPS) is 15.3. The second-order valence-electron chi connectivity index (χ2n) is 9.14. The molecule has 39 heavy (non-hydrogen) atoms. The Balaban J connectivity index is 1.16. The molecule has 1 saturated heterocycles. The fourth-order valence-corrected chi connectivity index (χ4v) is 5.49. The summed E-state index contributed by atoms with van der Waals surface area (Å²) in [7, 11) is 0. The number of likely N-dealkylation sites (tertiary alicyclic amines) is 1. The molecule has 11 heteroatoms. The molecule has 3 N–H and O–H groups in total. The summed E-state index contributed by atoms with van der Waals surface area (Å²) in [6.07, 6.45) is 4.79. The lowest BCUT2D eigenvalue weighted by atomic mass is 10.1. The van der Waals surface area contributed by atoms with E-state index in [1.165, 1.54) is 17.4 Å². The summed E-state index contributed by atoms with van der Waals surface area (Å²) in [6.45, 7) is 4.88. The first-order chi connectivity index (χ1) is 19.1. The third-order valence-electron chi connectivity index (χ3n) is 6.53. The van der Waals surface area contributed by atoms with E-state index in [9.17, 15) is 9.59 Å². The van der Waals surface area contributed by atoms with Crippen molar-refractivity contribution in [1.29, 1.82) is 0 Å². The second-order valence-corrected chi connectivity index (χ2v) is 10.2. The van der Waals surface area contributed by atoms with E-state index >= 15 is 0 Å². The third-order valence-corrected chi connectivity index (χ3v) is 7.48. The summed E-state index contributed by atoms with van der Waals surface area (Å²) in [6, 6.07) is 16.5. The minimum Gasteiger partial charge on any atom is -0.456 e. The first kappa shape index (κ1) is 24.6. The molecule has 5 aromatic rings. The van der Waals surface area contributed by atoms with Gasteiger partial charge >= 0.3 is 0 Å². The summed E-state index contributed by atoms with van der Waals surface area (Å²) in [5.41, 5.74) is 1.92. The van der Waals surface area contributed by atoms with Crippen molar-refractivity contribution < 1.29 is 14.3 Å². The Morgan fingerprint density at radius 2 is 2.00 bits per heavy atom. The van der Waals surface area contributed by atoms with Crippen LogP contribution in [0, 0.1) is 0 Å². The first-order valence-corrected chi connectivity index (χ1v) is 13.3. The van der Waals surface area contributed by atoms with E-state index < -0.39 is 0 Å². The molecule has 6 rings (SSSR count). The fraction of sp³-hybridized carbons (Fsp3) is 0.179. The van der Waals surface area contributed by atoms with E-state index in [-0.39, 0.29) is 17.9 Å². The van der Waals surface area contributed by atoms with Gasteiger partial charge in [-0.25, -0.2) is 9.97 Å². The molecule has 1 aliphatic rings. The van der Waals surface area contributed by atoms with Gasteiger partial charge in [-0.05, 0) is 55.3 Å². The van der Waals surface area contributed by atoms with Crippen molar-refractivity contribution in [2.45, 2.75) is 18.9 Å². The molecule has 10 nitrogen and oxygen atoms in total. The fourth-order valence-electron chi connectivity index (χ4n) is 4.63. The molecule has 4 heterocycles. The van der Waals surface area contributed by atoms with Crippen LogP contribution in [0.1, 0.15) is 23.2 Å². The number of piperidine rings is 1. The lowest BCUT2D eigenvalue weighted by molar-refractivity contribution is -0.127. The highest BCUT2D eigenvalue weighted by Crippen LogP contribution is 2.34. The number of thiazole rings is 1. The maximum atomic E-state index is 12.8. The van der Waals surface area contributed by atoms with Gasteiger partial charge in [0, 0.05) is 37.0 Å². The summed E-state index contributed by atoms with van der Waals surface area (Å²) in [5.74, 6) is 1.42. The van der Waals surface area contributed by atoms with Crippen LogP contribution in [0.2, 0.25) is 0 Å². The minimum absolute atomic E-state index is 0.0374. The molecule has 196 valence electrons. The number of carbonyl (C=O) groups excluding carboxylic acids is 2. The molecule has 1 atom stereocenters. The van der Waals surface area contributed by atoms with Gasteiger partial charge in [-0.2, -0.15) is 5.10 Å². The molecule has 0 bridgehead atoms. The van der Waals surface area contributed by atoms with E-state index in [4.69, 9.17) is 4.74 Å². The van der Waals surface area contributed by atoms with Crippen LogP contribution < -0.4 is 15.4 Å². The summed E-state index contributed by atoms with van der Waals surface area (Å²) in [5, 5.41) is 14.9. The number of nitrogens with one attached hydrogen (secondary N) is 3. The number of amides is 2. The van der Waals surface area contributed by atoms with E-state index in [0.717, 1.165) is 29.6 Å². The van der Waals surface area contributed by atoms with E-state index in [1.54, 1.807) is 41.4 Å². The van der Waals surface area contributed by atoms with Crippen molar-refractivity contribution in [3.05, 3.63) is 79.0 Å². The highest BCUT2D eigenvalue weighted by atomic mass is 32.1. The van der Waals surface area contributed by atoms with Gasteiger partial charge < -0.3 is 15.0 Å². The number of H-pyrrole nitrogens is 1. The zero-order chi connectivity index (χ0) is 26.8. The van der Waals surface area contributed by atoms with E-state index in [1.807, 2.05) is 24.3 Å². The van der Waals surface area contributed by atoms with Crippen molar-refractivity contribution in [2.24, 2.45) is 0 Å². The monoisotopic (exact) mass is 539 g/mol. The van der Waals surface area contributed by atoms with Gasteiger partial charge in [-0.3, -0.25) is 20.0 Å². The molecule has 0 aliphatic carbocycles. The highest BCUT2D eigenvalue weighted by molar-refractivity contribution is 7.22. The average molecular weight is 540 g/mol. The predicted octanol–water partition coefficient (Wildman–Crippen LogP) is 5.20. The zero-order valence-electron chi connectivity index (χ0n) is 20.9. The number of aromatic amines is 1. The van der Waals surface area contributed by atoms with Gasteiger partial charge in [0.2, 0.25) is 5.91 Å². The standard InChI is InChI=1S/C28H25N7O3S/c1-2-23(36)35-15-5-6-18(16-35)30-26-24-21(13-14-29-25(24)33-34-26)38-19-11-9-17(10-12-19)27(37)32-28-31-20-7-3-4-8-22(20)39-28/h2-4,7-14,18H,1,5-6,15-16H2,(H,31,32,37)(H2,29,30,33,34)/t18-/m0/s1. The van der Waals surface area contributed by atoms with Crippen LogP contribution in [0.5, 0.6) is 11.5 Å². The van der Waals surface area contributed by atoms with Crippen LogP contribution in [0.15, 0.2) is 73.4 Å². The SMILES string of the molecule is C=CC(=O)N1CCC[C@H](Nc2n[nH]c3nccc(Oc4ccc(C(=O)Nc5nc6ccccc6s5)cc4)c23)C1. The molecule has 0 spiro atoms. The van der Waals surface area contributed by atoms with Crippen molar-refractivity contribution in [2.75, 3.05) is 23.7 Å². The minimum atomic E-state index is -0.246. The number of para-hydroxylation sites is 1. The highest BCUT2D eigenvalue weighted by Gasteiger charge is 2.24. The molecular weight excluding hydrogens is 514 g/mol. The molecule has 2 amide bonds. The Hall–Kier alpha value is -4.77. The van der Waals surface area contributed by atoms with Gasteiger partial charge in [0.1, 0.15) is 16.9 Å². The number of fused-ring (bicyclic) bond motifs is 2. The summed E-state index contributed by atoms with van der Waals surface area (Å²) >= 11 is 1.43. The molecule has 0 unspecified atom stereocenters. The maximum absolute atomic E-state index is 12.8. The van der Waals surface area contributed by atoms with Gasteiger partial charge in [0.15, 0.2) is 16.6 Å². The number of rotatable bonds is 7. The maximum Gasteiger partial charge on any atom is 0.257 e. The quantitative estimate of drug-likeness (QED) is 0.243. The number of ether oxygens (including phenoxy) is 1. The molecule has 1 aliphatic heterocycles. The topological polar surface area (TPSA) is 125 Å². The van der Waals surface area contributed by atoms with Crippen LogP contribution >= 0.6 is 11.3 Å². The van der Waals surface area contributed by atoms with Crippen LogP contribution in [0.3, 0.4) is 0 Å². The smallest absolute Gasteiger partial charge is 0.257 e. The molecule has 2 aromatic carbocycles. The Morgan fingerprint density at radius 3 is 2.82 bits per heavy atom. The van der Waals surface area contributed by atoms with Gasteiger partial charge in [0.25, 0.3) is 5.91 Å². The Morgan fingerprint density at radius 1 is 1.15 bits per heavy atom. The average Bonchev–Trinajstić information content (AvgIpc) is 3.57. The molecule has 0 saturated carbocycles. The molecule has 3 aromatic heterocycles. The number of nitrogens with zero attached hydrogens (tertiary/aromatic N) is 4. The van der Waals surface area contributed by atoms with Crippen molar-refractivity contribution >= 4 is 55.4 Å². The number of aromatic nitrogens is 4. The lowest BCUT2D eigenvalue weighted by Crippen LogP contribution is -2.44. The number of benzene rings is 2. The van der Waals surface area contributed by atoms with Crippen molar-refractivity contribution in [3.63, 3.8) is 0 Å². The third kappa shape index (κ3) is 5.16. The van der Waals surface area contributed by atoms with Crippen LogP contribution in [0.4, 0.5) is 10.9 Å². The van der Waals surface area contributed by atoms with E-state index in [2.05, 4.69) is 37.4 Å². The summed E-state index contributed by atoms with van der Waals surface area (Å²) < 4.78 is 7.20. The lowest BCUT2D eigenvalue weighted by Gasteiger charge is -2.32. The zero-order valence-corrected chi connectivity index (χ0v) is 21.7. The molecule has 0 radical (unpaired) electrons. The Labute approximate surface area is 227 Å². The second kappa shape index (κ2) is 10.5. The van der Waals surface area contributed by atoms with Gasteiger partial charge in [-0.1, -0.05) is 30.0 Å². The first-order valence-electron chi connectivity index (χ1n) is 12.5. The summed E-state index contributed by atoms with van der Waals surface area (Å²) in [4.78, 5) is 35.5. The van der Waals surface area contributed by atoms with Crippen LogP contribution in [-0.4, -0.2) is 56.0 Å². The van der Waals surface area contributed by atoms with Crippen molar-refractivity contribution in [1.82, 2.24) is 25.1 Å². The van der Waals surface area contributed by atoms with Crippen molar-refractivity contribution in [3.8, 4) is 11.5 Å². The van der Waals surface area contributed by atoms with E-state index in [0.29, 0.717) is 45.6 Å². The Bertz CT molecular complexity index is 1640. The number of hydrogen-bond acceptors (Lipinski definition) is 8.